The standard InChI is InChI=1S/C15H24N2O3S/c1-10(11-5-6-20-8-11)17-12(15(2,3)4)7-16-14(17)21-9-13(18)19/h7,10-11H,5-6,8-9H2,1-4H3,(H,18,19). The third-order valence-corrected chi connectivity index (χ3v) is 4.86. The molecule has 1 aliphatic heterocycles. The third-order valence-electron chi connectivity index (χ3n) is 3.91. The summed E-state index contributed by atoms with van der Waals surface area (Å²) in [5, 5.41) is 9.70. The molecule has 0 aliphatic carbocycles. The van der Waals surface area contributed by atoms with Gasteiger partial charge >= 0.3 is 5.97 Å². The lowest BCUT2D eigenvalue weighted by molar-refractivity contribution is -0.133. The lowest BCUT2D eigenvalue weighted by atomic mass is 9.91. The molecule has 1 saturated heterocycles. The van der Waals surface area contributed by atoms with Gasteiger partial charge in [-0.25, -0.2) is 4.98 Å². The highest BCUT2D eigenvalue weighted by Gasteiger charge is 2.30. The van der Waals surface area contributed by atoms with Gasteiger partial charge in [-0.3, -0.25) is 4.79 Å². The summed E-state index contributed by atoms with van der Waals surface area (Å²) in [4.78, 5) is 15.3. The Morgan fingerprint density at radius 3 is 2.86 bits per heavy atom. The maximum atomic E-state index is 10.8. The lowest BCUT2D eigenvalue weighted by Crippen LogP contribution is -2.25. The topological polar surface area (TPSA) is 64.4 Å². The van der Waals surface area contributed by atoms with Crippen LogP contribution in [0.4, 0.5) is 0 Å². The van der Waals surface area contributed by atoms with Crippen molar-refractivity contribution in [2.75, 3.05) is 19.0 Å². The van der Waals surface area contributed by atoms with Gasteiger partial charge < -0.3 is 14.4 Å². The molecule has 1 aliphatic rings. The monoisotopic (exact) mass is 312 g/mol. The minimum absolute atomic E-state index is 0.0250. The lowest BCUT2D eigenvalue weighted by Gasteiger charge is -2.28. The van der Waals surface area contributed by atoms with Gasteiger partial charge in [0.05, 0.1) is 12.4 Å². The molecule has 1 aromatic rings. The predicted molar refractivity (Wildman–Crippen MR) is 82.9 cm³/mol. The molecule has 0 spiro atoms. The highest BCUT2D eigenvalue weighted by Crippen LogP contribution is 2.35. The summed E-state index contributed by atoms with van der Waals surface area (Å²) >= 11 is 1.29. The molecule has 5 nitrogen and oxygen atoms in total. The Hall–Kier alpha value is -1.01. The molecule has 1 N–H and O–H groups in total. The molecule has 0 saturated carbocycles. The Morgan fingerprint density at radius 1 is 1.62 bits per heavy atom. The molecule has 0 aromatic carbocycles. The summed E-state index contributed by atoms with van der Waals surface area (Å²) in [6.07, 6.45) is 2.93. The number of carboxylic acid groups (broad SMARTS) is 1. The first-order chi connectivity index (χ1) is 9.80. The molecule has 0 amide bonds. The molecule has 0 radical (unpaired) electrons. The van der Waals surface area contributed by atoms with Gasteiger partial charge in [-0.15, -0.1) is 0 Å². The van der Waals surface area contributed by atoms with Crippen LogP contribution in [0.5, 0.6) is 0 Å². The molecule has 118 valence electrons. The van der Waals surface area contributed by atoms with E-state index in [0.717, 1.165) is 30.5 Å². The number of aliphatic carboxylic acids is 1. The van der Waals surface area contributed by atoms with Gasteiger partial charge in [0.2, 0.25) is 0 Å². The van der Waals surface area contributed by atoms with Crippen molar-refractivity contribution >= 4 is 17.7 Å². The van der Waals surface area contributed by atoms with E-state index in [0.29, 0.717) is 5.92 Å². The molecule has 2 atom stereocenters. The fraction of sp³-hybridized carbons (Fsp3) is 0.733. The Bertz CT molecular complexity index is 502. The summed E-state index contributed by atoms with van der Waals surface area (Å²) in [5.41, 5.74) is 1.12. The number of ether oxygens (including phenoxy) is 1. The number of aromatic nitrogens is 2. The summed E-state index contributed by atoms with van der Waals surface area (Å²) in [5.74, 6) is -0.317. The molecular weight excluding hydrogens is 288 g/mol. The first-order valence-corrected chi connectivity index (χ1v) is 8.29. The van der Waals surface area contributed by atoms with Crippen molar-refractivity contribution in [3.8, 4) is 0 Å². The zero-order valence-corrected chi connectivity index (χ0v) is 13.9. The average molecular weight is 312 g/mol. The summed E-state index contributed by atoms with van der Waals surface area (Å²) in [6.45, 7) is 10.2. The average Bonchev–Trinajstić information content (AvgIpc) is 3.03. The zero-order chi connectivity index (χ0) is 15.6. The number of hydrogen-bond donors (Lipinski definition) is 1. The van der Waals surface area contributed by atoms with Gasteiger partial charge in [-0.05, 0) is 13.3 Å². The summed E-state index contributed by atoms with van der Waals surface area (Å²) in [7, 11) is 0. The molecule has 6 heteroatoms. The van der Waals surface area contributed by atoms with E-state index in [2.05, 4.69) is 37.2 Å². The molecule has 2 rings (SSSR count). The van der Waals surface area contributed by atoms with Crippen LogP contribution in [0.3, 0.4) is 0 Å². The Balaban J connectivity index is 2.32. The number of hydrogen-bond acceptors (Lipinski definition) is 4. The van der Waals surface area contributed by atoms with Crippen molar-refractivity contribution in [1.82, 2.24) is 9.55 Å². The highest BCUT2D eigenvalue weighted by atomic mass is 32.2. The van der Waals surface area contributed by atoms with E-state index in [1.807, 2.05) is 6.20 Å². The molecular formula is C15H24N2O3S. The molecule has 21 heavy (non-hydrogen) atoms. The number of thioether (sulfide) groups is 1. The second-order valence-electron chi connectivity index (χ2n) is 6.59. The Morgan fingerprint density at radius 2 is 2.33 bits per heavy atom. The van der Waals surface area contributed by atoms with E-state index in [1.54, 1.807) is 0 Å². The second kappa shape index (κ2) is 6.40. The van der Waals surface area contributed by atoms with Gasteiger partial charge in [-0.1, -0.05) is 32.5 Å². The van der Waals surface area contributed by atoms with E-state index >= 15 is 0 Å². The van der Waals surface area contributed by atoms with Crippen molar-refractivity contribution in [2.45, 2.75) is 50.7 Å². The van der Waals surface area contributed by atoms with Crippen LogP contribution in [0.15, 0.2) is 11.4 Å². The fourth-order valence-corrected chi connectivity index (χ4v) is 3.45. The summed E-state index contributed by atoms with van der Waals surface area (Å²) < 4.78 is 7.72. The number of carboxylic acids is 1. The molecule has 1 fully saturated rings. The predicted octanol–water partition coefficient (Wildman–Crippen LogP) is 2.95. The number of nitrogens with zero attached hydrogens (tertiary/aromatic N) is 2. The molecule has 2 unspecified atom stereocenters. The van der Waals surface area contributed by atoms with Crippen LogP contribution >= 0.6 is 11.8 Å². The number of imidazole rings is 1. The fourth-order valence-electron chi connectivity index (χ4n) is 2.67. The number of rotatable bonds is 5. The smallest absolute Gasteiger partial charge is 0.313 e. The van der Waals surface area contributed by atoms with E-state index in [-0.39, 0.29) is 17.2 Å². The third kappa shape index (κ3) is 3.80. The van der Waals surface area contributed by atoms with Gasteiger partial charge in [0, 0.05) is 35.9 Å². The van der Waals surface area contributed by atoms with Gasteiger partial charge in [0.15, 0.2) is 5.16 Å². The van der Waals surface area contributed by atoms with Crippen LogP contribution < -0.4 is 0 Å². The van der Waals surface area contributed by atoms with Crippen LogP contribution in [0.1, 0.15) is 45.9 Å². The second-order valence-corrected chi connectivity index (χ2v) is 7.54. The van der Waals surface area contributed by atoms with Crippen molar-refractivity contribution in [2.24, 2.45) is 5.92 Å². The van der Waals surface area contributed by atoms with Gasteiger partial charge in [-0.2, -0.15) is 0 Å². The highest BCUT2D eigenvalue weighted by molar-refractivity contribution is 7.99. The Labute approximate surface area is 130 Å². The number of carbonyl (C=O) groups is 1. The van der Waals surface area contributed by atoms with Crippen LogP contribution in [-0.4, -0.2) is 39.6 Å². The van der Waals surface area contributed by atoms with E-state index < -0.39 is 5.97 Å². The van der Waals surface area contributed by atoms with Crippen LogP contribution in [0.2, 0.25) is 0 Å². The quantitative estimate of drug-likeness (QED) is 0.847. The van der Waals surface area contributed by atoms with Gasteiger partial charge in [0.1, 0.15) is 0 Å². The van der Waals surface area contributed by atoms with Crippen molar-refractivity contribution in [3.63, 3.8) is 0 Å². The van der Waals surface area contributed by atoms with Crippen LogP contribution in [0, 0.1) is 5.92 Å². The van der Waals surface area contributed by atoms with E-state index in [1.165, 1.54) is 11.8 Å². The maximum absolute atomic E-state index is 10.8. The molecule has 0 bridgehead atoms. The Kier molecular flexibility index (Phi) is 4.99. The van der Waals surface area contributed by atoms with Crippen molar-refractivity contribution in [3.05, 3.63) is 11.9 Å². The van der Waals surface area contributed by atoms with Crippen molar-refractivity contribution < 1.29 is 14.6 Å². The zero-order valence-electron chi connectivity index (χ0n) is 13.1. The first-order valence-electron chi connectivity index (χ1n) is 7.30. The van der Waals surface area contributed by atoms with E-state index in [4.69, 9.17) is 9.84 Å². The van der Waals surface area contributed by atoms with Crippen LogP contribution in [0.25, 0.3) is 0 Å². The first kappa shape index (κ1) is 16.4. The minimum atomic E-state index is -0.816. The summed E-state index contributed by atoms with van der Waals surface area (Å²) in [6, 6.07) is 0.264. The van der Waals surface area contributed by atoms with Crippen molar-refractivity contribution in [1.29, 1.82) is 0 Å². The maximum Gasteiger partial charge on any atom is 0.313 e. The normalized spacial score (nSPS) is 20.7. The largest absolute Gasteiger partial charge is 0.481 e. The minimum Gasteiger partial charge on any atom is -0.481 e. The van der Waals surface area contributed by atoms with E-state index in [9.17, 15) is 4.79 Å². The van der Waals surface area contributed by atoms with Crippen LogP contribution in [-0.2, 0) is 14.9 Å². The SMILES string of the molecule is CC(C1CCOC1)n1c(C(C)(C)C)cnc1SCC(=O)O. The van der Waals surface area contributed by atoms with Gasteiger partial charge in [0.25, 0.3) is 0 Å². The molecule has 1 aromatic heterocycles. The molecule has 2 heterocycles.